The van der Waals surface area contributed by atoms with E-state index in [4.69, 9.17) is 0 Å². The quantitative estimate of drug-likeness (QED) is 0.851. The summed E-state index contributed by atoms with van der Waals surface area (Å²) in [6, 6.07) is 4.75. The SMILES string of the molecule is CCc1nn(C)cc1CNCC(c1cccs1)N(C)C. The first-order valence-electron chi connectivity index (χ1n) is 7.03. The van der Waals surface area contributed by atoms with Gasteiger partial charge in [-0.1, -0.05) is 13.0 Å². The second-order valence-corrected chi connectivity index (χ2v) is 6.23. The van der Waals surface area contributed by atoms with E-state index in [-0.39, 0.29) is 0 Å². The second kappa shape index (κ2) is 7.02. The number of hydrogen-bond donors (Lipinski definition) is 1. The van der Waals surface area contributed by atoms with Crippen LogP contribution in [0.3, 0.4) is 0 Å². The molecule has 0 fully saturated rings. The Balaban J connectivity index is 1.93. The molecule has 0 aliphatic carbocycles. The summed E-state index contributed by atoms with van der Waals surface area (Å²) in [5.74, 6) is 0. The van der Waals surface area contributed by atoms with E-state index in [1.807, 2.05) is 23.1 Å². The zero-order valence-electron chi connectivity index (χ0n) is 12.8. The molecule has 0 aromatic carbocycles. The highest BCUT2D eigenvalue weighted by atomic mass is 32.1. The van der Waals surface area contributed by atoms with E-state index < -0.39 is 0 Å². The van der Waals surface area contributed by atoms with Crippen molar-refractivity contribution in [1.29, 1.82) is 0 Å². The molecule has 0 bridgehead atoms. The summed E-state index contributed by atoms with van der Waals surface area (Å²) < 4.78 is 1.90. The molecular weight excluding hydrogens is 268 g/mol. The van der Waals surface area contributed by atoms with Crippen LogP contribution in [0, 0.1) is 0 Å². The Kier molecular flexibility index (Phi) is 5.34. The molecule has 1 unspecified atom stereocenters. The highest BCUT2D eigenvalue weighted by Crippen LogP contribution is 2.22. The van der Waals surface area contributed by atoms with Crippen molar-refractivity contribution in [2.24, 2.45) is 7.05 Å². The summed E-state index contributed by atoms with van der Waals surface area (Å²) in [4.78, 5) is 3.67. The molecule has 0 saturated heterocycles. The van der Waals surface area contributed by atoms with E-state index in [9.17, 15) is 0 Å². The van der Waals surface area contributed by atoms with Crippen molar-refractivity contribution in [3.05, 3.63) is 39.8 Å². The molecule has 0 spiro atoms. The van der Waals surface area contributed by atoms with Gasteiger partial charge in [0.25, 0.3) is 0 Å². The van der Waals surface area contributed by atoms with Crippen LogP contribution in [-0.2, 0) is 20.0 Å². The van der Waals surface area contributed by atoms with Gasteiger partial charge in [0.15, 0.2) is 0 Å². The Morgan fingerprint density at radius 3 is 2.85 bits per heavy atom. The lowest BCUT2D eigenvalue weighted by molar-refractivity contribution is 0.292. The number of nitrogens with one attached hydrogen (secondary N) is 1. The van der Waals surface area contributed by atoms with Gasteiger partial charge < -0.3 is 10.2 Å². The molecule has 0 amide bonds. The van der Waals surface area contributed by atoms with Crippen molar-refractivity contribution in [2.75, 3.05) is 20.6 Å². The molecule has 20 heavy (non-hydrogen) atoms. The maximum absolute atomic E-state index is 4.48. The van der Waals surface area contributed by atoms with Crippen molar-refractivity contribution in [2.45, 2.75) is 25.9 Å². The Labute approximate surface area is 125 Å². The lowest BCUT2D eigenvalue weighted by Gasteiger charge is -2.23. The second-order valence-electron chi connectivity index (χ2n) is 5.25. The Hall–Kier alpha value is -1.17. The summed E-state index contributed by atoms with van der Waals surface area (Å²) in [5.41, 5.74) is 2.50. The molecular formula is C15H24N4S. The number of aromatic nitrogens is 2. The summed E-state index contributed by atoms with van der Waals surface area (Å²) in [5, 5.41) is 10.2. The maximum Gasteiger partial charge on any atom is 0.0666 e. The first kappa shape index (κ1) is 15.2. The van der Waals surface area contributed by atoms with Crippen LogP contribution in [0.4, 0.5) is 0 Å². The predicted octanol–water partition coefficient (Wildman–Crippen LogP) is 2.44. The van der Waals surface area contributed by atoms with Gasteiger partial charge >= 0.3 is 0 Å². The van der Waals surface area contributed by atoms with Gasteiger partial charge in [-0.3, -0.25) is 4.68 Å². The fraction of sp³-hybridized carbons (Fsp3) is 0.533. The van der Waals surface area contributed by atoms with Crippen molar-refractivity contribution in [3.8, 4) is 0 Å². The first-order valence-corrected chi connectivity index (χ1v) is 7.91. The average molecular weight is 292 g/mol. The van der Waals surface area contributed by atoms with Crippen LogP contribution < -0.4 is 5.32 Å². The van der Waals surface area contributed by atoms with Crippen LogP contribution in [0.1, 0.15) is 29.1 Å². The van der Waals surface area contributed by atoms with Crippen LogP contribution in [0.5, 0.6) is 0 Å². The topological polar surface area (TPSA) is 33.1 Å². The molecule has 1 atom stereocenters. The Morgan fingerprint density at radius 2 is 2.25 bits per heavy atom. The van der Waals surface area contributed by atoms with E-state index >= 15 is 0 Å². The molecule has 4 nitrogen and oxygen atoms in total. The van der Waals surface area contributed by atoms with Crippen molar-refractivity contribution < 1.29 is 0 Å². The minimum atomic E-state index is 0.428. The fourth-order valence-corrected chi connectivity index (χ4v) is 3.31. The van der Waals surface area contributed by atoms with E-state index in [2.05, 4.69) is 60.0 Å². The molecule has 110 valence electrons. The number of aryl methyl sites for hydroxylation is 2. The van der Waals surface area contributed by atoms with Gasteiger partial charge in [-0.05, 0) is 32.0 Å². The average Bonchev–Trinajstić information content (AvgIpc) is 3.03. The minimum Gasteiger partial charge on any atom is -0.311 e. The molecule has 2 heterocycles. The maximum atomic E-state index is 4.48. The van der Waals surface area contributed by atoms with Gasteiger partial charge in [-0.15, -0.1) is 11.3 Å². The van der Waals surface area contributed by atoms with Crippen molar-refractivity contribution >= 4 is 11.3 Å². The van der Waals surface area contributed by atoms with Crippen LogP contribution in [0.15, 0.2) is 23.7 Å². The molecule has 0 saturated carbocycles. The highest BCUT2D eigenvalue weighted by Gasteiger charge is 2.15. The Bertz CT molecular complexity index is 516. The number of likely N-dealkylation sites (N-methyl/N-ethyl adjacent to an activating group) is 1. The van der Waals surface area contributed by atoms with Gasteiger partial charge in [-0.2, -0.15) is 5.10 Å². The third-order valence-electron chi connectivity index (χ3n) is 3.47. The van der Waals surface area contributed by atoms with Gasteiger partial charge in [0, 0.05) is 36.8 Å². The van der Waals surface area contributed by atoms with Crippen molar-refractivity contribution in [3.63, 3.8) is 0 Å². The summed E-state index contributed by atoms with van der Waals surface area (Å²) >= 11 is 1.82. The molecule has 0 aliphatic rings. The zero-order chi connectivity index (χ0) is 14.5. The summed E-state index contributed by atoms with van der Waals surface area (Å²) in [6.45, 7) is 3.98. The number of nitrogens with zero attached hydrogens (tertiary/aromatic N) is 3. The van der Waals surface area contributed by atoms with E-state index in [0.717, 1.165) is 19.5 Å². The van der Waals surface area contributed by atoms with Crippen LogP contribution in [0.25, 0.3) is 0 Å². The van der Waals surface area contributed by atoms with E-state index in [0.29, 0.717) is 6.04 Å². The fourth-order valence-electron chi connectivity index (χ4n) is 2.39. The molecule has 2 aromatic heterocycles. The molecule has 2 rings (SSSR count). The molecule has 1 N–H and O–H groups in total. The Morgan fingerprint density at radius 1 is 1.45 bits per heavy atom. The van der Waals surface area contributed by atoms with Crippen LogP contribution in [-0.4, -0.2) is 35.3 Å². The molecule has 0 aliphatic heterocycles. The van der Waals surface area contributed by atoms with Gasteiger partial charge in [-0.25, -0.2) is 0 Å². The first-order chi connectivity index (χ1) is 9.61. The lowest BCUT2D eigenvalue weighted by atomic mass is 10.2. The number of thiophene rings is 1. The van der Waals surface area contributed by atoms with E-state index in [1.165, 1.54) is 16.1 Å². The van der Waals surface area contributed by atoms with Gasteiger partial charge in [0.1, 0.15) is 0 Å². The third-order valence-corrected chi connectivity index (χ3v) is 4.45. The normalized spacial score (nSPS) is 13.1. The monoisotopic (exact) mass is 292 g/mol. The van der Waals surface area contributed by atoms with Crippen LogP contribution >= 0.6 is 11.3 Å². The largest absolute Gasteiger partial charge is 0.311 e. The standard InChI is InChI=1S/C15H24N4S/c1-5-13-12(11-19(4)17-13)9-16-10-14(18(2)3)15-7-6-8-20-15/h6-8,11,14,16H,5,9-10H2,1-4H3. The van der Waals surface area contributed by atoms with E-state index in [1.54, 1.807) is 0 Å². The number of hydrogen-bond acceptors (Lipinski definition) is 4. The predicted molar refractivity (Wildman–Crippen MR) is 85.0 cm³/mol. The smallest absolute Gasteiger partial charge is 0.0666 e. The zero-order valence-corrected chi connectivity index (χ0v) is 13.6. The summed E-state index contributed by atoms with van der Waals surface area (Å²) in [7, 11) is 6.25. The minimum absolute atomic E-state index is 0.428. The van der Waals surface area contributed by atoms with Gasteiger partial charge in [0.2, 0.25) is 0 Å². The van der Waals surface area contributed by atoms with Crippen LogP contribution in [0.2, 0.25) is 0 Å². The molecule has 2 aromatic rings. The summed E-state index contributed by atoms with van der Waals surface area (Å²) in [6.07, 6.45) is 3.10. The molecule has 0 radical (unpaired) electrons. The molecule has 5 heteroatoms. The van der Waals surface area contributed by atoms with Crippen molar-refractivity contribution in [1.82, 2.24) is 20.0 Å². The highest BCUT2D eigenvalue weighted by molar-refractivity contribution is 7.10. The van der Waals surface area contributed by atoms with Gasteiger partial charge in [0.05, 0.1) is 11.7 Å². The lowest BCUT2D eigenvalue weighted by Crippen LogP contribution is -2.30. The number of rotatable bonds is 7. The third kappa shape index (κ3) is 3.69.